The van der Waals surface area contributed by atoms with Crippen molar-refractivity contribution in [2.24, 2.45) is 0 Å². The molecule has 7 nitrogen and oxygen atoms in total. The summed E-state index contributed by atoms with van der Waals surface area (Å²) in [5.41, 5.74) is -0.200. The maximum atomic E-state index is 11.2. The van der Waals surface area contributed by atoms with E-state index in [2.05, 4.69) is 19.8 Å². The Hall–Kier alpha value is -1.19. The van der Waals surface area contributed by atoms with Crippen LogP contribution in [0.3, 0.4) is 0 Å². The molecule has 0 bridgehead atoms. The number of ether oxygens (including phenoxy) is 2. The zero-order valence-electron chi connectivity index (χ0n) is 7.35. The van der Waals surface area contributed by atoms with Crippen molar-refractivity contribution in [1.82, 2.24) is 13.2 Å². The van der Waals surface area contributed by atoms with Gasteiger partial charge in [0.1, 0.15) is 0 Å². The molecule has 0 spiro atoms. The van der Waals surface area contributed by atoms with E-state index >= 15 is 0 Å². The monoisotopic (exact) mass is 311 g/mol. The molecule has 14 heavy (non-hydrogen) atoms. The van der Waals surface area contributed by atoms with Crippen molar-refractivity contribution in [3.8, 4) is 0 Å². The van der Waals surface area contributed by atoms with Crippen molar-refractivity contribution in [3.63, 3.8) is 0 Å². The lowest BCUT2D eigenvalue weighted by Gasteiger charge is -1.98. The van der Waals surface area contributed by atoms with E-state index < -0.39 is 11.9 Å². The predicted octanol–water partition coefficient (Wildman–Crippen LogP) is 0.0494. The van der Waals surface area contributed by atoms with E-state index in [1.54, 1.807) is 22.9 Å². The van der Waals surface area contributed by atoms with Gasteiger partial charge in [0.15, 0.2) is 5.69 Å². The standard InChI is InChI=1S/C6H6IN3O4/c1-13-5(11)3-4(6(12)14-2)10(7)9-8-3/h1-2H3. The Labute approximate surface area is 92.9 Å². The Balaban J connectivity index is 3.19. The van der Waals surface area contributed by atoms with Crippen LogP contribution in [0.4, 0.5) is 0 Å². The first-order chi connectivity index (χ1) is 6.61. The summed E-state index contributed by atoms with van der Waals surface area (Å²) in [4.78, 5) is 22.3. The van der Waals surface area contributed by atoms with Crippen LogP contribution >= 0.6 is 22.9 Å². The maximum absolute atomic E-state index is 11.2. The van der Waals surface area contributed by atoms with Crippen LogP contribution in [-0.4, -0.2) is 39.4 Å². The average Bonchev–Trinajstić information content (AvgIpc) is 2.58. The number of hydrogen-bond acceptors (Lipinski definition) is 6. The van der Waals surface area contributed by atoms with Crippen molar-refractivity contribution in [2.45, 2.75) is 0 Å². The van der Waals surface area contributed by atoms with Gasteiger partial charge in [-0.3, -0.25) is 0 Å². The van der Waals surface area contributed by atoms with Crippen LogP contribution in [0.25, 0.3) is 0 Å². The van der Waals surface area contributed by atoms with Gasteiger partial charge < -0.3 is 9.47 Å². The molecule has 0 aliphatic carbocycles. The molecule has 0 aliphatic heterocycles. The van der Waals surface area contributed by atoms with Crippen molar-refractivity contribution in [2.75, 3.05) is 14.2 Å². The van der Waals surface area contributed by atoms with Crippen LogP contribution in [0.5, 0.6) is 0 Å². The summed E-state index contributed by atoms with van der Waals surface area (Å²) >= 11 is 1.70. The van der Waals surface area contributed by atoms with Crippen LogP contribution in [0, 0.1) is 0 Å². The lowest BCUT2D eigenvalue weighted by atomic mass is 10.3. The third-order valence-electron chi connectivity index (χ3n) is 1.39. The number of aromatic nitrogens is 3. The number of rotatable bonds is 2. The Bertz CT molecular complexity index is 375. The van der Waals surface area contributed by atoms with Crippen LogP contribution < -0.4 is 0 Å². The van der Waals surface area contributed by atoms with Gasteiger partial charge >= 0.3 is 11.9 Å². The minimum atomic E-state index is -0.728. The predicted molar refractivity (Wildman–Crippen MR) is 52.1 cm³/mol. The first-order valence-corrected chi connectivity index (χ1v) is 4.36. The molecule has 1 aromatic heterocycles. The second kappa shape index (κ2) is 4.35. The van der Waals surface area contributed by atoms with E-state index in [0.717, 1.165) is 2.90 Å². The molecule has 0 N–H and O–H groups in total. The summed E-state index contributed by atoms with van der Waals surface area (Å²) in [5.74, 6) is -1.42. The van der Waals surface area contributed by atoms with Gasteiger partial charge in [-0.05, 0) is 0 Å². The maximum Gasteiger partial charge on any atom is 0.361 e. The summed E-state index contributed by atoms with van der Waals surface area (Å²) in [5, 5.41) is 6.99. The first-order valence-electron chi connectivity index (χ1n) is 3.40. The van der Waals surface area contributed by atoms with Gasteiger partial charge in [-0.1, -0.05) is 5.21 Å². The summed E-state index contributed by atoms with van der Waals surface area (Å²) in [7, 11) is 2.39. The third kappa shape index (κ3) is 1.84. The van der Waals surface area contributed by atoms with Gasteiger partial charge in [0, 0.05) is 0 Å². The SMILES string of the molecule is COC(=O)c1nnn(I)c1C(=O)OC. The van der Waals surface area contributed by atoms with Crippen LogP contribution in [0.1, 0.15) is 21.0 Å². The molecule has 0 saturated heterocycles. The second-order valence-corrected chi connectivity index (χ2v) is 3.04. The second-order valence-electron chi connectivity index (χ2n) is 2.13. The highest BCUT2D eigenvalue weighted by molar-refractivity contribution is 14.1. The smallest absolute Gasteiger partial charge is 0.361 e. The number of carbonyl (C=O) groups is 2. The molecular formula is C6H6IN3O4. The fourth-order valence-corrected chi connectivity index (χ4v) is 1.29. The topological polar surface area (TPSA) is 83.3 Å². The number of methoxy groups -OCH3 is 2. The molecule has 0 aliphatic rings. The average molecular weight is 311 g/mol. The molecule has 0 radical (unpaired) electrons. The van der Waals surface area contributed by atoms with E-state index in [-0.39, 0.29) is 11.4 Å². The molecule has 0 saturated carbocycles. The molecule has 0 unspecified atom stereocenters. The van der Waals surface area contributed by atoms with Gasteiger partial charge in [0.2, 0.25) is 5.69 Å². The summed E-state index contributed by atoms with van der Waals surface area (Å²) in [6, 6.07) is 0. The first kappa shape index (κ1) is 10.9. The van der Waals surface area contributed by atoms with Crippen LogP contribution in [-0.2, 0) is 9.47 Å². The fourth-order valence-electron chi connectivity index (χ4n) is 0.766. The number of esters is 2. The summed E-state index contributed by atoms with van der Waals surface area (Å²) in [6.07, 6.45) is 0. The fraction of sp³-hybridized carbons (Fsp3) is 0.333. The van der Waals surface area contributed by atoms with Crippen LogP contribution in [0.15, 0.2) is 0 Å². The van der Waals surface area contributed by atoms with Gasteiger partial charge in [-0.2, -0.15) is 2.90 Å². The lowest BCUT2D eigenvalue weighted by molar-refractivity contribution is 0.0547. The van der Waals surface area contributed by atoms with E-state index in [0.29, 0.717) is 0 Å². The van der Waals surface area contributed by atoms with E-state index in [1.165, 1.54) is 14.2 Å². The molecular weight excluding hydrogens is 305 g/mol. The zero-order chi connectivity index (χ0) is 10.7. The third-order valence-corrected chi connectivity index (χ3v) is 2.06. The van der Waals surface area contributed by atoms with Gasteiger partial charge in [-0.25, -0.2) is 9.59 Å². The van der Waals surface area contributed by atoms with Crippen molar-refractivity contribution < 1.29 is 19.1 Å². The highest BCUT2D eigenvalue weighted by Gasteiger charge is 2.25. The van der Waals surface area contributed by atoms with Crippen LogP contribution in [0.2, 0.25) is 0 Å². The lowest BCUT2D eigenvalue weighted by Crippen LogP contribution is -2.13. The largest absolute Gasteiger partial charge is 0.464 e. The molecule has 0 amide bonds. The molecule has 1 rings (SSSR count). The molecule has 0 fully saturated rings. The van der Waals surface area contributed by atoms with Gasteiger partial charge in [0.05, 0.1) is 37.1 Å². The minimum absolute atomic E-state index is 0.0417. The normalized spacial score (nSPS) is 9.64. The van der Waals surface area contributed by atoms with E-state index in [4.69, 9.17) is 0 Å². The highest BCUT2D eigenvalue weighted by atomic mass is 127. The van der Waals surface area contributed by atoms with Gasteiger partial charge in [-0.15, -0.1) is 5.10 Å². The highest BCUT2D eigenvalue weighted by Crippen LogP contribution is 2.10. The number of carbonyl (C=O) groups excluding carboxylic acids is 2. The van der Waals surface area contributed by atoms with E-state index in [9.17, 15) is 9.59 Å². The van der Waals surface area contributed by atoms with Crippen molar-refractivity contribution in [1.29, 1.82) is 0 Å². The molecule has 8 heteroatoms. The number of hydrogen-bond donors (Lipinski definition) is 0. The summed E-state index contributed by atoms with van der Waals surface area (Å²) in [6.45, 7) is 0. The van der Waals surface area contributed by atoms with Crippen molar-refractivity contribution >= 4 is 34.8 Å². The Morgan fingerprint density at radius 3 is 2.36 bits per heavy atom. The molecule has 0 atom stereocenters. The zero-order valence-corrected chi connectivity index (χ0v) is 9.51. The Kier molecular flexibility index (Phi) is 3.38. The van der Waals surface area contributed by atoms with Gasteiger partial charge in [0.25, 0.3) is 0 Å². The molecule has 76 valence electrons. The molecule has 1 heterocycles. The summed E-state index contributed by atoms with van der Waals surface area (Å²) < 4.78 is 10.00. The van der Waals surface area contributed by atoms with E-state index in [1.807, 2.05) is 0 Å². The minimum Gasteiger partial charge on any atom is -0.464 e. The number of nitrogens with zero attached hydrogens (tertiary/aromatic N) is 3. The Morgan fingerprint density at radius 1 is 1.29 bits per heavy atom. The quantitative estimate of drug-likeness (QED) is 0.567. The molecule has 0 aromatic carbocycles. The Morgan fingerprint density at radius 2 is 1.86 bits per heavy atom. The molecule has 1 aromatic rings. The van der Waals surface area contributed by atoms with Crippen molar-refractivity contribution in [3.05, 3.63) is 11.4 Å². The number of halogens is 1.